The van der Waals surface area contributed by atoms with Crippen LogP contribution in [0, 0.1) is 0 Å². The second-order valence-corrected chi connectivity index (χ2v) is 7.03. The van der Waals surface area contributed by atoms with Gasteiger partial charge in [0.05, 0.1) is 18.1 Å². The van der Waals surface area contributed by atoms with Crippen LogP contribution in [0.15, 0.2) is 34.2 Å². The molecule has 1 aliphatic rings. The number of aromatic nitrogens is 2. The third-order valence-electron chi connectivity index (χ3n) is 3.35. The van der Waals surface area contributed by atoms with Crippen LogP contribution < -0.4 is 15.6 Å². The van der Waals surface area contributed by atoms with Gasteiger partial charge in [0.2, 0.25) is 5.91 Å². The summed E-state index contributed by atoms with van der Waals surface area (Å²) in [6.45, 7) is 2.52. The van der Waals surface area contributed by atoms with Crippen molar-refractivity contribution in [2.24, 2.45) is 0 Å². The van der Waals surface area contributed by atoms with E-state index in [1.54, 1.807) is 23.9 Å². The molecule has 1 amide bonds. The molecule has 0 unspecified atom stereocenters. The summed E-state index contributed by atoms with van der Waals surface area (Å²) >= 11 is 2.90. The summed E-state index contributed by atoms with van der Waals surface area (Å²) in [6.07, 6.45) is 0. The Kier molecular flexibility index (Phi) is 5.47. The Labute approximate surface area is 147 Å². The molecule has 0 spiro atoms. The number of hydrogen-bond acceptors (Lipinski definition) is 6. The smallest absolute Gasteiger partial charge is 0.255 e. The van der Waals surface area contributed by atoms with Gasteiger partial charge in [-0.05, 0) is 31.2 Å². The van der Waals surface area contributed by atoms with E-state index >= 15 is 0 Å². The Bertz CT molecular complexity index is 790. The standard InChI is InChI=1S/C16H17N3O3S2/c1-2-22-11-5-3-10(4-6-11)17-14(20)9-24-16-18-13-8-23-7-12(13)15(21)19-16/h3-6H,2,7-9H2,1H3,(H,17,20)(H,18,19,21). The Morgan fingerprint density at radius 3 is 2.92 bits per heavy atom. The number of hydrogen-bond donors (Lipinski definition) is 2. The molecule has 1 aromatic heterocycles. The summed E-state index contributed by atoms with van der Waals surface area (Å²) in [7, 11) is 0. The fourth-order valence-electron chi connectivity index (χ4n) is 2.24. The van der Waals surface area contributed by atoms with Crippen molar-refractivity contribution in [3.05, 3.63) is 45.9 Å². The zero-order chi connectivity index (χ0) is 16.9. The fourth-order valence-corrected chi connectivity index (χ4v) is 3.96. The molecule has 0 radical (unpaired) electrons. The summed E-state index contributed by atoms with van der Waals surface area (Å²) in [6, 6.07) is 7.20. The van der Waals surface area contributed by atoms with E-state index in [0.717, 1.165) is 22.8 Å². The number of rotatable bonds is 6. The molecule has 126 valence electrons. The number of aromatic amines is 1. The highest BCUT2D eigenvalue weighted by Crippen LogP contribution is 2.26. The van der Waals surface area contributed by atoms with E-state index in [0.29, 0.717) is 23.2 Å². The van der Waals surface area contributed by atoms with Crippen molar-refractivity contribution >= 4 is 35.1 Å². The lowest BCUT2D eigenvalue weighted by Crippen LogP contribution is -2.17. The molecule has 0 saturated carbocycles. The van der Waals surface area contributed by atoms with E-state index in [1.165, 1.54) is 11.8 Å². The average molecular weight is 363 g/mol. The van der Waals surface area contributed by atoms with E-state index in [9.17, 15) is 9.59 Å². The summed E-state index contributed by atoms with van der Waals surface area (Å²) in [4.78, 5) is 31.1. The first-order valence-corrected chi connectivity index (χ1v) is 9.65. The molecule has 3 rings (SSSR count). The number of thioether (sulfide) groups is 2. The van der Waals surface area contributed by atoms with Crippen molar-refractivity contribution < 1.29 is 9.53 Å². The second-order valence-electron chi connectivity index (χ2n) is 5.08. The Balaban J connectivity index is 1.56. The Morgan fingerprint density at radius 1 is 1.38 bits per heavy atom. The number of H-pyrrole nitrogens is 1. The van der Waals surface area contributed by atoms with E-state index in [1.807, 2.05) is 19.1 Å². The van der Waals surface area contributed by atoms with Crippen LogP contribution in [-0.2, 0) is 16.3 Å². The van der Waals surface area contributed by atoms with Crippen LogP contribution in [0.3, 0.4) is 0 Å². The zero-order valence-electron chi connectivity index (χ0n) is 13.1. The maximum absolute atomic E-state index is 12.0. The number of anilines is 1. The van der Waals surface area contributed by atoms with Gasteiger partial charge in [-0.15, -0.1) is 0 Å². The molecule has 0 fully saturated rings. The second kappa shape index (κ2) is 7.76. The van der Waals surface area contributed by atoms with Gasteiger partial charge >= 0.3 is 0 Å². The van der Waals surface area contributed by atoms with Gasteiger partial charge in [-0.25, -0.2) is 4.98 Å². The van der Waals surface area contributed by atoms with Crippen LogP contribution in [0.4, 0.5) is 5.69 Å². The van der Waals surface area contributed by atoms with Crippen molar-refractivity contribution in [2.75, 3.05) is 17.7 Å². The molecule has 2 N–H and O–H groups in total. The van der Waals surface area contributed by atoms with E-state index in [4.69, 9.17) is 4.74 Å². The average Bonchev–Trinajstić information content (AvgIpc) is 3.04. The number of carbonyl (C=O) groups is 1. The van der Waals surface area contributed by atoms with Crippen LogP contribution >= 0.6 is 23.5 Å². The number of nitrogens with zero attached hydrogens (tertiary/aromatic N) is 1. The predicted molar refractivity (Wildman–Crippen MR) is 96.8 cm³/mol. The first-order chi connectivity index (χ1) is 11.7. The number of benzene rings is 1. The van der Waals surface area contributed by atoms with Gasteiger partial charge in [-0.3, -0.25) is 9.59 Å². The van der Waals surface area contributed by atoms with Crippen molar-refractivity contribution in [2.45, 2.75) is 23.6 Å². The van der Waals surface area contributed by atoms with Gasteiger partial charge in [0.1, 0.15) is 5.75 Å². The van der Waals surface area contributed by atoms with Crippen LogP contribution in [-0.4, -0.2) is 28.2 Å². The zero-order valence-corrected chi connectivity index (χ0v) is 14.8. The number of fused-ring (bicyclic) bond motifs is 1. The summed E-state index contributed by atoms with van der Waals surface area (Å²) in [5.74, 6) is 2.26. The van der Waals surface area contributed by atoms with E-state index in [2.05, 4.69) is 15.3 Å². The minimum atomic E-state index is -0.151. The number of carbonyl (C=O) groups excluding carboxylic acids is 1. The third kappa shape index (κ3) is 4.12. The molecule has 0 saturated heterocycles. The van der Waals surface area contributed by atoms with Crippen molar-refractivity contribution in [3.8, 4) is 5.75 Å². The van der Waals surface area contributed by atoms with Crippen molar-refractivity contribution in [1.29, 1.82) is 0 Å². The predicted octanol–water partition coefficient (Wildman–Crippen LogP) is 2.65. The molecular formula is C16H17N3O3S2. The van der Waals surface area contributed by atoms with E-state index in [-0.39, 0.29) is 17.2 Å². The summed E-state index contributed by atoms with van der Waals surface area (Å²) in [5.41, 5.74) is 2.19. The summed E-state index contributed by atoms with van der Waals surface area (Å²) in [5, 5.41) is 3.30. The first-order valence-electron chi connectivity index (χ1n) is 7.51. The highest BCUT2D eigenvalue weighted by molar-refractivity contribution is 7.99. The van der Waals surface area contributed by atoms with Crippen LogP contribution in [0.2, 0.25) is 0 Å². The number of nitrogens with one attached hydrogen (secondary N) is 2. The molecule has 0 atom stereocenters. The highest BCUT2D eigenvalue weighted by atomic mass is 32.2. The lowest BCUT2D eigenvalue weighted by Gasteiger charge is -2.07. The largest absolute Gasteiger partial charge is 0.494 e. The van der Waals surface area contributed by atoms with Crippen LogP contribution in [0.1, 0.15) is 18.2 Å². The first kappa shape index (κ1) is 16.9. The normalized spacial score (nSPS) is 12.7. The quantitative estimate of drug-likeness (QED) is 0.606. The van der Waals surface area contributed by atoms with Gasteiger partial charge in [-0.1, -0.05) is 11.8 Å². The molecule has 1 aliphatic heterocycles. The van der Waals surface area contributed by atoms with E-state index < -0.39 is 0 Å². The highest BCUT2D eigenvalue weighted by Gasteiger charge is 2.18. The maximum atomic E-state index is 12.0. The van der Waals surface area contributed by atoms with Crippen molar-refractivity contribution in [3.63, 3.8) is 0 Å². The molecule has 0 aliphatic carbocycles. The van der Waals surface area contributed by atoms with Gasteiger partial charge < -0.3 is 15.0 Å². The Morgan fingerprint density at radius 2 is 2.17 bits per heavy atom. The molecule has 24 heavy (non-hydrogen) atoms. The maximum Gasteiger partial charge on any atom is 0.255 e. The molecule has 1 aromatic carbocycles. The SMILES string of the molecule is CCOc1ccc(NC(=O)CSc2nc3c(c(=O)[nH]2)CSC3)cc1. The molecule has 8 heteroatoms. The van der Waals surface area contributed by atoms with Crippen LogP contribution in [0.25, 0.3) is 0 Å². The van der Waals surface area contributed by atoms with Crippen LogP contribution in [0.5, 0.6) is 5.75 Å². The summed E-state index contributed by atoms with van der Waals surface area (Å²) < 4.78 is 5.36. The number of ether oxygens (including phenoxy) is 1. The van der Waals surface area contributed by atoms with Gasteiger partial charge in [0.25, 0.3) is 5.56 Å². The minimum Gasteiger partial charge on any atom is -0.494 e. The molecule has 2 aromatic rings. The number of amides is 1. The molecule has 0 bridgehead atoms. The topological polar surface area (TPSA) is 84.1 Å². The molecule has 2 heterocycles. The monoisotopic (exact) mass is 363 g/mol. The van der Waals surface area contributed by atoms with Gasteiger partial charge in [-0.2, -0.15) is 11.8 Å². The Hall–Kier alpha value is -1.93. The minimum absolute atomic E-state index is 0.0978. The lowest BCUT2D eigenvalue weighted by molar-refractivity contribution is -0.113. The lowest BCUT2D eigenvalue weighted by atomic mass is 10.3. The third-order valence-corrected chi connectivity index (χ3v) is 5.20. The molecular weight excluding hydrogens is 346 g/mol. The van der Waals surface area contributed by atoms with Gasteiger partial charge in [0.15, 0.2) is 5.16 Å². The molecule has 6 nitrogen and oxygen atoms in total. The fraction of sp³-hybridized carbons (Fsp3) is 0.312. The van der Waals surface area contributed by atoms with Crippen molar-refractivity contribution in [1.82, 2.24) is 9.97 Å². The van der Waals surface area contributed by atoms with Gasteiger partial charge in [0, 0.05) is 22.8 Å².